The zero-order valence-corrected chi connectivity index (χ0v) is 8.41. The van der Waals surface area contributed by atoms with Crippen LogP contribution in [0.4, 0.5) is 8.78 Å². The van der Waals surface area contributed by atoms with Gasteiger partial charge in [0.1, 0.15) is 0 Å². The highest BCUT2D eigenvalue weighted by molar-refractivity contribution is 5.49. The van der Waals surface area contributed by atoms with Crippen molar-refractivity contribution >= 4 is 0 Å². The van der Waals surface area contributed by atoms with Crippen molar-refractivity contribution in [2.24, 2.45) is 5.90 Å². The largest absolute Gasteiger partial charge is 0.454 e. The molecular weight excluding hydrogens is 220 g/mol. The molecular formula is C10H11F2NO3. The maximum Gasteiger partial charge on any atom is 0.264 e. The number of rotatable bonds is 4. The highest BCUT2D eigenvalue weighted by atomic mass is 19.3. The molecule has 0 aliphatic carbocycles. The summed E-state index contributed by atoms with van der Waals surface area (Å²) in [4.78, 5) is 4.38. The summed E-state index contributed by atoms with van der Waals surface area (Å²) >= 11 is 0. The number of alkyl halides is 2. The number of nitrogens with two attached hydrogens (primary N) is 1. The van der Waals surface area contributed by atoms with Crippen LogP contribution >= 0.6 is 0 Å². The normalized spacial score (nSPS) is 13.5. The molecule has 0 spiro atoms. The Bertz CT molecular complexity index is 385. The second-order valence-electron chi connectivity index (χ2n) is 3.33. The van der Waals surface area contributed by atoms with Crippen LogP contribution in [-0.2, 0) is 11.3 Å². The van der Waals surface area contributed by atoms with E-state index in [1.807, 2.05) is 0 Å². The van der Waals surface area contributed by atoms with E-state index in [0.717, 1.165) is 0 Å². The Morgan fingerprint density at radius 1 is 1.31 bits per heavy atom. The average molecular weight is 231 g/mol. The SMILES string of the molecule is NOCCc1cc2c(cc1C(F)F)OCO2. The van der Waals surface area contributed by atoms with Crippen LogP contribution in [0.25, 0.3) is 0 Å². The van der Waals surface area contributed by atoms with Crippen molar-refractivity contribution in [3.05, 3.63) is 23.3 Å². The van der Waals surface area contributed by atoms with Gasteiger partial charge in [-0.2, -0.15) is 0 Å². The van der Waals surface area contributed by atoms with Gasteiger partial charge >= 0.3 is 0 Å². The molecule has 1 aromatic rings. The van der Waals surface area contributed by atoms with Gasteiger partial charge in [0.25, 0.3) is 6.43 Å². The molecule has 1 aliphatic heterocycles. The average Bonchev–Trinajstić information content (AvgIpc) is 2.71. The molecule has 0 radical (unpaired) electrons. The Morgan fingerprint density at radius 2 is 2.00 bits per heavy atom. The lowest BCUT2D eigenvalue weighted by Gasteiger charge is -2.09. The van der Waals surface area contributed by atoms with Crippen LogP contribution in [0.1, 0.15) is 17.6 Å². The van der Waals surface area contributed by atoms with Crippen molar-refractivity contribution in [1.29, 1.82) is 0 Å². The van der Waals surface area contributed by atoms with E-state index in [-0.39, 0.29) is 19.0 Å². The molecule has 0 amide bonds. The third-order valence-electron chi connectivity index (χ3n) is 2.36. The third-order valence-corrected chi connectivity index (χ3v) is 2.36. The summed E-state index contributed by atoms with van der Waals surface area (Å²) in [5.41, 5.74) is 0.394. The van der Waals surface area contributed by atoms with Gasteiger partial charge in [0.15, 0.2) is 11.5 Å². The number of halogens is 2. The quantitative estimate of drug-likeness (QED) is 0.802. The van der Waals surface area contributed by atoms with Crippen LogP contribution in [0, 0.1) is 0 Å². The minimum Gasteiger partial charge on any atom is -0.454 e. The van der Waals surface area contributed by atoms with Crippen LogP contribution < -0.4 is 15.4 Å². The van der Waals surface area contributed by atoms with E-state index in [2.05, 4.69) is 4.84 Å². The predicted octanol–water partition coefficient (Wildman–Crippen LogP) is 1.79. The van der Waals surface area contributed by atoms with Crippen molar-refractivity contribution in [2.75, 3.05) is 13.4 Å². The molecule has 0 bridgehead atoms. The minimum atomic E-state index is -2.55. The summed E-state index contributed by atoms with van der Waals surface area (Å²) in [6, 6.07) is 2.85. The van der Waals surface area contributed by atoms with Gasteiger partial charge in [0, 0.05) is 5.56 Å². The van der Waals surface area contributed by atoms with Crippen LogP contribution in [-0.4, -0.2) is 13.4 Å². The van der Waals surface area contributed by atoms with Crippen molar-refractivity contribution < 1.29 is 23.1 Å². The van der Waals surface area contributed by atoms with E-state index >= 15 is 0 Å². The topological polar surface area (TPSA) is 53.7 Å². The monoisotopic (exact) mass is 231 g/mol. The Hall–Kier alpha value is -1.40. The molecule has 0 saturated heterocycles. The van der Waals surface area contributed by atoms with Gasteiger partial charge in [-0.25, -0.2) is 14.7 Å². The maximum atomic E-state index is 12.8. The molecule has 16 heavy (non-hydrogen) atoms. The summed E-state index contributed by atoms with van der Waals surface area (Å²) < 4.78 is 35.7. The molecule has 0 atom stereocenters. The number of benzene rings is 1. The van der Waals surface area contributed by atoms with Crippen LogP contribution in [0.2, 0.25) is 0 Å². The molecule has 1 aliphatic rings. The molecule has 2 N–H and O–H groups in total. The van der Waals surface area contributed by atoms with E-state index in [1.54, 1.807) is 6.07 Å². The Labute approximate surface area is 90.9 Å². The Balaban J connectivity index is 2.32. The fraction of sp³-hybridized carbons (Fsp3) is 0.400. The standard InChI is InChI=1S/C10H11F2NO3/c11-10(12)7-4-9-8(14-5-15-9)3-6(7)1-2-16-13/h3-4,10H,1-2,5,13H2. The lowest BCUT2D eigenvalue weighted by molar-refractivity contribution is 0.135. The van der Waals surface area contributed by atoms with E-state index in [4.69, 9.17) is 15.4 Å². The van der Waals surface area contributed by atoms with Gasteiger partial charge in [0.05, 0.1) is 6.61 Å². The summed E-state index contributed by atoms with van der Waals surface area (Å²) in [5.74, 6) is 5.71. The van der Waals surface area contributed by atoms with Crippen molar-refractivity contribution in [2.45, 2.75) is 12.8 Å². The molecule has 4 nitrogen and oxygen atoms in total. The highest BCUT2D eigenvalue weighted by Gasteiger charge is 2.21. The molecule has 6 heteroatoms. The number of ether oxygens (including phenoxy) is 2. The van der Waals surface area contributed by atoms with Crippen molar-refractivity contribution in [1.82, 2.24) is 0 Å². The minimum absolute atomic E-state index is 0.0643. The molecule has 1 heterocycles. The Morgan fingerprint density at radius 3 is 2.62 bits per heavy atom. The zero-order valence-electron chi connectivity index (χ0n) is 8.41. The maximum absolute atomic E-state index is 12.8. The first kappa shape index (κ1) is 11.1. The van der Waals surface area contributed by atoms with Crippen LogP contribution in [0.15, 0.2) is 12.1 Å². The first-order valence-electron chi connectivity index (χ1n) is 4.74. The fourth-order valence-corrected chi connectivity index (χ4v) is 1.59. The molecule has 0 fully saturated rings. The first-order valence-corrected chi connectivity index (χ1v) is 4.74. The van der Waals surface area contributed by atoms with Gasteiger partial charge in [-0.15, -0.1) is 0 Å². The van der Waals surface area contributed by atoms with Crippen LogP contribution in [0.3, 0.4) is 0 Å². The molecule has 88 valence electrons. The second-order valence-corrected chi connectivity index (χ2v) is 3.33. The third kappa shape index (κ3) is 2.07. The molecule has 1 aromatic carbocycles. The smallest absolute Gasteiger partial charge is 0.264 e. The second kappa shape index (κ2) is 4.63. The van der Waals surface area contributed by atoms with Crippen LogP contribution in [0.5, 0.6) is 11.5 Å². The molecule has 0 saturated carbocycles. The number of hydrogen-bond donors (Lipinski definition) is 1. The summed E-state index contributed by atoms with van der Waals surface area (Å²) in [6.45, 7) is 0.244. The van der Waals surface area contributed by atoms with Crippen molar-refractivity contribution in [3.63, 3.8) is 0 Å². The van der Waals surface area contributed by atoms with Gasteiger partial charge in [-0.05, 0) is 24.1 Å². The van der Waals surface area contributed by atoms with Gasteiger partial charge in [-0.1, -0.05) is 0 Å². The summed E-state index contributed by atoms with van der Waals surface area (Å²) in [5, 5.41) is 0. The van der Waals surface area contributed by atoms with Gasteiger partial charge in [0.2, 0.25) is 6.79 Å². The summed E-state index contributed by atoms with van der Waals surface area (Å²) in [7, 11) is 0. The van der Waals surface area contributed by atoms with Gasteiger partial charge in [-0.3, -0.25) is 0 Å². The molecule has 0 aromatic heterocycles. The summed E-state index contributed by atoms with van der Waals surface area (Å²) in [6.07, 6.45) is -2.24. The first-order chi connectivity index (χ1) is 7.72. The molecule has 2 rings (SSSR count). The van der Waals surface area contributed by atoms with Crippen molar-refractivity contribution in [3.8, 4) is 11.5 Å². The van der Waals surface area contributed by atoms with E-state index in [1.165, 1.54) is 6.07 Å². The highest BCUT2D eigenvalue weighted by Crippen LogP contribution is 2.38. The number of fused-ring (bicyclic) bond motifs is 1. The van der Waals surface area contributed by atoms with E-state index < -0.39 is 6.43 Å². The zero-order chi connectivity index (χ0) is 11.5. The number of hydrogen-bond acceptors (Lipinski definition) is 4. The lowest BCUT2D eigenvalue weighted by Crippen LogP contribution is -2.06. The van der Waals surface area contributed by atoms with E-state index in [9.17, 15) is 8.78 Å². The fourth-order valence-electron chi connectivity index (χ4n) is 1.59. The Kier molecular flexibility index (Phi) is 3.21. The lowest BCUT2D eigenvalue weighted by atomic mass is 10.0. The molecule has 0 unspecified atom stereocenters. The predicted molar refractivity (Wildman–Crippen MR) is 51.4 cm³/mol. The van der Waals surface area contributed by atoms with Gasteiger partial charge < -0.3 is 14.3 Å². The van der Waals surface area contributed by atoms with E-state index in [0.29, 0.717) is 23.5 Å².